The number of halogens is 1. The number of aliphatic hydroxyl groups excluding tert-OH is 1. The summed E-state index contributed by atoms with van der Waals surface area (Å²) in [5, 5.41) is 10.5. The zero-order valence-electron chi connectivity index (χ0n) is 12.0. The Labute approximate surface area is 121 Å². The molecule has 0 amide bonds. The Bertz CT molecular complexity index is 608. The second kappa shape index (κ2) is 6.41. The van der Waals surface area contributed by atoms with E-state index in [0.717, 1.165) is 6.20 Å². The van der Waals surface area contributed by atoms with Gasteiger partial charge in [-0.05, 0) is 6.07 Å². The number of pyridine rings is 1. The zero-order chi connectivity index (χ0) is 15.4. The summed E-state index contributed by atoms with van der Waals surface area (Å²) in [6.45, 7) is 0. The highest BCUT2D eigenvalue weighted by atomic mass is 19.1. The molecule has 1 heterocycles. The molecule has 1 N–H and O–H groups in total. The molecule has 0 spiro atoms. The zero-order valence-corrected chi connectivity index (χ0v) is 12.0. The van der Waals surface area contributed by atoms with Gasteiger partial charge in [0.1, 0.15) is 29.2 Å². The minimum absolute atomic E-state index is 0.303. The Hall–Kier alpha value is -2.34. The van der Waals surface area contributed by atoms with Crippen LogP contribution in [0.15, 0.2) is 30.6 Å². The van der Waals surface area contributed by atoms with E-state index in [1.165, 1.54) is 33.6 Å². The monoisotopic (exact) mass is 293 g/mol. The SMILES string of the molecule is COc1cc(OC)c(C(O)c2cncc(F)c2)c(OC)c1. The van der Waals surface area contributed by atoms with Crippen LogP contribution in [0.5, 0.6) is 17.2 Å². The Morgan fingerprint density at radius 2 is 1.62 bits per heavy atom. The number of ether oxygens (including phenoxy) is 3. The number of hydrogen-bond acceptors (Lipinski definition) is 5. The van der Waals surface area contributed by atoms with Crippen molar-refractivity contribution in [3.05, 3.63) is 47.5 Å². The highest BCUT2D eigenvalue weighted by Crippen LogP contribution is 2.40. The average molecular weight is 293 g/mol. The fourth-order valence-corrected chi connectivity index (χ4v) is 2.05. The van der Waals surface area contributed by atoms with Gasteiger partial charge in [-0.2, -0.15) is 0 Å². The van der Waals surface area contributed by atoms with Gasteiger partial charge in [-0.25, -0.2) is 4.39 Å². The third kappa shape index (κ3) is 3.05. The molecule has 1 aromatic heterocycles. The first-order valence-corrected chi connectivity index (χ1v) is 6.19. The second-order valence-corrected chi connectivity index (χ2v) is 4.28. The van der Waals surface area contributed by atoms with Crippen LogP contribution in [0, 0.1) is 5.82 Å². The van der Waals surface area contributed by atoms with Gasteiger partial charge in [0, 0.05) is 23.9 Å². The molecule has 0 fully saturated rings. The first kappa shape index (κ1) is 15.1. The van der Waals surface area contributed by atoms with Gasteiger partial charge in [0.05, 0.1) is 33.1 Å². The number of aromatic nitrogens is 1. The van der Waals surface area contributed by atoms with Crippen molar-refractivity contribution in [2.75, 3.05) is 21.3 Å². The van der Waals surface area contributed by atoms with Crippen LogP contribution in [0.2, 0.25) is 0 Å². The standard InChI is InChI=1S/C15H16FNO4/c1-19-11-5-12(20-2)14(13(6-11)21-3)15(18)9-4-10(16)8-17-7-9/h4-8,15,18H,1-3H3. The van der Waals surface area contributed by atoms with E-state index in [1.54, 1.807) is 12.1 Å². The minimum Gasteiger partial charge on any atom is -0.496 e. The molecule has 0 aliphatic heterocycles. The third-order valence-corrected chi connectivity index (χ3v) is 3.07. The summed E-state index contributed by atoms with van der Waals surface area (Å²) in [7, 11) is 4.45. The molecular formula is C15H16FNO4. The third-order valence-electron chi connectivity index (χ3n) is 3.07. The molecule has 1 aromatic carbocycles. The van der Waals surface area contributed by atoms with Crippen molar-refractivity contribution < 1.29 is 23.7 Å². The van der Waals surface area contributed by atoms with Crippen molar-refractivity contribution in [2.24, 2.45) is 0 Å². The lowest BCUT2D eigenvalue weighted by Crippen LogP contribution is -2.06. The van der Waals surface area contributed by atoms with Crippen LogP contribution in [0.1, 0.15) is 17.2 Å². The predicted molar refractivity (Wildman–Crippen MR) is 74.4 cm³/mol. The molecular weight excluding hydrogens is 277 g/mol. The molecule has 112 valence electrons. The summed E-state index contributed by atoms with van der Waals surface area (Å²) in [5.41, 5.74) is 0.685. The molecule has 0 bridgehead atoms. The molecule has 0 saturated heterocycles. The highest BCUT2D eigenvalue weighted by Gasteiger charge is 2.22. The average Bonchev–Trinajstić information content (AvgIpc) is 2.52. The van der Waals surface area contributed by atoms with Gasteiger partial charge in [-0.15, -0.1) is 0 Å². The Morgan fingerprint density at radius 3 is 2.10 bits per heavy atom. The minimum atomic E-state index is -1.14. The second-order valence-electron chi connectivity index (χ2n) is 4.28. The summed E-state index contributed by atoms with van der Waals surface area (Å²) < 4.78 is 29.0. The predicted octanol–water partition coefficient (Wildman–Crippen LogP) is 2.33. The van der Waals surface area contributed by atoms with Crippen molar-refractivity contribution in [1.82, 2.24) is 4.98 Å². The van der Waals surface area contributed by atoms with Gasteiger partial charge in [-0.1, -0.05) is 0 Å². The Balaban J connectivity index is 2.55. The summed E-state index contributed by atoms with van der Waals surface area (Å²) in [6.07, 6.45) is 1.32. The van der Waals surface area contributed by atoms with Gasteiger partial charge in [-0.3, -0.25) is 4.98 Å². The van der Waals surface area contributed by atoms with Crippen molar-refractivity contribution in [3.63, 3.8) is 0 Å². The van der Waals surface area contributed by atoms with Crippen LogP contribution in [-0.4, -0.2) is 31.4 Å². The first-order chi connectivity index (χ1) is 10.1. The lowest BCUT2D eigenvalue weighted by molar-refractivity contribution is 0.207. The summed E-state index contributed by atoms with van der Waals surface area (Å²) in [5.74, 6) is 0.751. The fourth-order valence-electron chi connectivity index (χ4n) is 2.05. The maximum atomic E-state index is 13.3. The molecule has 5 nitrogen and oxygen atoms in total. The molecule has 0 saturated carbocycles. The van der Waals surface area contributed by atoms with Crippen molar-refractivity contribution in [1.29, 1.82) is 0 Å². The molecule has 2 aromatic rings. The fraction of sp³-hybridized carbons (Fsp3) is 0.267. The summed E-state index contributed by atoms with van der Waals surface area (Å²) >= 11 is 0. The largest absolute Gasteiger partial charge is 0.496 e. The molecule has 21 heavy (non-hydrogen) atoms. The van der Waals surface area contributed by atoms with Crippen molar-refractivity contribution >= 4 is 0 Å². The van der Waals surface area contributed by atoms with Crippen LogP contribution in [0.25, 0.3) is 0 Å². The van der Waals surface area contributed by atoms with E-state index in [0.29, 0.717) is 28.4 Å². The smallest absolute Gasteiger partial charge is 0.141 e. The molecule has 0 aliphatic carbocycles. The summed E-state index contributed by atoms with van der Waals surface area (Å²) in [4.78, 5) is 3.73. The van der Waals surface area contributed by atoms with E-state index in [1.807, 2.05) is 0 Å². The van der Waals surface area contributed by atoms with Crippen molar-refractivity contribution in [2.45, 2.75) is 6.10 Å². The molecule has 0 aliphatic rings. The van der Waals surface area contributed by atoms with E-state index < -0.39 is 11.9 Å². The Kier molecular flexibility index (Phi) is 4.59. The lowest BCUT2D eigenvalue weighted by Gasteiger charge is -2.19. The van der Waals surface area contributed by atoms with Crippen LogP contribution < -0.4 is 14.2 Å². The van der Waals surface area contributed by atoms with Crippen LogP contribution in [-0.2, 0) is 0 Å². The van der Waals surface area contributed by atoms with Crippen molar-refractivity contribution in [3.8, 4) is 17.2 Å². The maximum Gasteiger partial charge on any atom is 0.141 e. The molecule has 0 radical (unpaired) electrons. The molecule has 2 rings (SSSR count). The van der Waals surface area contributed by atoms with Gasteiger partial charge in [0.15, 0.2) is 0 Å². The summed E-state index contributed by atoms with van der Waals surface area (Å²) in [6, 6.07) is 4.45. The quantitative estimate of drug-likeness (QED) is 0.916. The van der Waals surface area contributed by atoms with Crippen LogP contribution in [0.3, 0.4) is 0 Å². The Morgan fingerprint density at radius 1 is 1.00 bits per heavy atom. The number of benzene rings is 1. The van der Waals surface area contributed by atoms with E-state index in [2.05, 4.69) is 4.98 Å². The number of methoxy groups -OCH3 is 3. The van der Waals surface area contributed by atoms with Crippen LogP contribution in [0.4, 0.5) is 4.39 Å². The normalized spacial score (nSPS) is 11.9. The lowest BCUT2D eigenvalue weighted by atomic mass is 10.0. The molecule has 1 atom stereocenters. The highest BCUT2D eigenvalue weighted by molar-refractivity contribution is 5.53. The topological polar surface area (TPSA) is 60.8 Å². The first-order valence-electron chi connectivity index (χ1n) is 6.19. The number of hydrogen-bond donors (Lipinski definition) is 1. The molecule has 6 heteroatoms. The van der Waals surface area contributed by atoms with E-state index >= 15 is 0 Å². The van der Waals surface area contributed by atoms with Gasteiger partial charge >= 0.3 is 0 Å². The van der Waals surface area contributed by atoms with E-state index in [-0.39, 0.29) is 0 Å². The van der Waals surface area contributed by atoms with Crippen LogP contribution >= 0.6 is 0 Å². The molecule has 1 unspecified atom stereocenters. The number of nitrogens with zero attached hydrogens (tertiary/aromatic N) is 1. The number of aliphatic hydroxyl groups is 1. The number of rotatable bonds is 5. The van der Waals surface area contributed by atoms with Gasteiger partial charge in [0.25, 0.3) is 0 Å². The van der Waals surface area contributed by atoms with E-state index in [9.17, 15) is 9.50 Å². The van der Waals surface area contributed by atoms with Gasteiger partial charge < -0.3 is 19.3 Å². The van der Waals surface area contributed by atoms with Gasteiger partial charge in [0.2, 0.25) is 0 Å². The maximum absolute atomic E-state index is 13.3. The van der Waals surface area contributed by atoms with E-state index in [4.69, 9.17) is 14.2 Å².